The Kier molecular flexibility index (Phi) is 7.01. The van der Waals surface area contributed by atoms with Crippen LogP contribution in [0, 0.1) is 0 Å². The van der Waals surface area contributed by atoms with Gasteiger partial charge in [-0.05, 0) is 50.2 Å². The Morgan fingerprint density at radius 3 is 2.30 bits per heavy atom. The Bertz CT molecular complexity index is 876. The van der Waals surface area contributed by atoms with Crippen molar-refractivity contribution >= 4 is 34.1 Å². The molecule has 0 heterocycles. The lowest BCUT2D eigenvalue weighted by Gasteiger charge is -2.15. The van der Waals surface area contributed by atoms with Crippen molar-refractivity contribution in [2.45, 2.75) is 31.8 Å². The van der Waals surface area contributed by atoms with Crippen LogP contribution in [0.2, 0.25) is 0 Å². The molecule has 0 unspecified atom stereocenters. The summed E-state index contributed by atoms with van der Waals surface area (Å²) in [6, 6.07) is 12.9. The van der Waals surface area contributed by atoms with Gasteiger partial charge in [-0.2, -0.15) is 0 Å². The van der Waals surface area contributed by atoms with Gasteiger partial charge >= 0.3 is 5.97 Å². The molecule has 0 aromatic heterocycles. The molecule has 2 rings (SSSR count). The molecule has 0 aliphatic heterocycles. The highest BCUT2D eigenvalue weighted by Crippen LogP contribution is 2.17. The Balaban J connectivity index is 2.05. The van der Waals surface area contributed by atoms with Crippen molar-refractivity contribution in [1.82, 2.24) is 0 Å². The molecule has 0 aliphatic rings. The molecule has 0 saturated carbocycles. The molecule has 142 valence electrons. The van der Waals surface area contributed by atoms with Crippen LogP contribution in [0.1, 0.15) is 41.5 Å². The Hall–Kier alpha value is -2.80. The lowest BCUT2D eigenvalue weighted by molar-refractivity contribution is -0.123. The first kappa shape index (κ1) is 20.5. The van der Waals surface area contributed by atoms with Gasteiger partial charge in [-0.25, -0.2) is 4.79 Å². The van der Waals surface area contributed by atoms with E-state index in [1.165, 1.54) is 19.9 Å². The van der Waals surface area contributed by atoms with Crippen molar-refractivity contribution in [3.63, 3.8) is 0 Å². The number of esters is 1. The van der Waals surface area contributed by atoms with E-state index in [0.29, 0.717) is 21.9 Å². The third-order valence-corrected chi connectivity index (χ3v) is 5.20. The van der Waals surface area contributed by atoms with Crippen LogP contribution in [0.4, 0.5) is 5.69 Å². The Labute approximate surface area is 160 Å². The molecule has 0 aliphatic carbocycles. The fraction of sp³-hybridized carbons (Fsp3) is 0.250. The minimum absolute atomic E-state index is 0.0710. The van der Waals surface area contributed by atoms with E-state index in [0.717, 1.165) is 0 Å². The molecule has 27 heavy (non-hydrogen) atoms. The van der Waals surface area contributed by atoms with Gasteiger partial charge in [0.15, 0.2) is 11.9 Å². The van der Waals surface area contributed by atoms with Crippen molar-refractivity contribution in [2.24, 2.45) is 0 Å². The molecular weight excluding hydrogens is 366 g/mol. The number of carbonyl (C=O) groups excluding carboxylic acids is 3. The van der Waals surface area contributed by atoms with Gasteiger partial charge in [0.05, 0.1) is 21.3 Å². The van der Waals surface area contributed by atoms with Crippen molar-refractivity contribution in [2.75, 3.05) is 11.1 Å². The van der Waals surface area contributed by atoms with Gasteiger partial charge in [0.2, 0.25) is 0 Å². The van der Waals surface area contributed by atoms with Gasteiger partial charge in [0.25, 0.3) is 5.91 Å². The molecule has 7 heteroatoms. The molecule has 1 amide bonds. The third kappa shape index (κ3) is 5.34. The summed E-state index contributed by atoms with van der Waals surface area (Å²) in [6.07, 6.45) is -1.05. The molecule has 0 radical (unpaired) electrons. The second-order valence-electron chi connectivity index (χ2n) is 5.80. The average molecular weight is 387 g/mol. The normalized spacial score (nSPS) is 12.7. The van der Waals surface area contributed by atoms with Crippen molar-refractivity contribution in [3.05, 3.63) is 59.7 Å². The first-order chi connectivity index (χ1) is 12.8. The molecule has 2 aromatic rings. The van der Waals surface area contributed by atoms with E-state index in [9.17, 15) is 18.6 Å². The lowest BCUT2D eigenvalue weighted by Crippen LogP contribution is -2.30. The first-order valence-corrected chi connectivity index (χ1v) is 9.75. The summed E-state index contributed by atoms with van der Waals surface area (Å²) in [7, 11) is -1.31. The summed E-state index contributed by atoms with van der Waals surface area (Å²) in [5.74, 6) is -0.912. The average Bonchev–Trinajstić information content (AvgIpc) is 2.67. The second-order valence-corrected chi connectivity index (χ2v) is 7.51. The predicted molar refractivity (Wildman–Crippen MR) is 103 cm³/mol. The van der Waals surface area contributed by atoms with Crippen LogP contribution in [0.3, 0.4) is 0 Å². The zero-order valence-corrected chi connectivity index (χ0v) is 16.2. The highest BCUT2D eigenvalue weighted by atomic mass is 32.2. The van der Waals surface area contributed by atoms with Crippen LogP contribution in [-0.2, 0) is 20.3 Å². The molecule has 6 nitrogen and oxygen atoms in total. The third-order valence-electron chi connectivity index (χ3n) is 3.83. The number of rotatable bonds is 7. The van der Waals surface area contributed by atoms with Gasteiger partial charge < -0.3 is 10.1 Å². The van der Waals surface area contributed by atoms with Gasteiger partial charge in [-0.15, -0.1) is 0 Å². The van der Waals surface area contributed by atoms with Crippen LogP contribution in [-0.4, -0.2) is 33.7 Å². The molecule has 0 fully saturated rings. The summed E-state index contributed by atoms with van der Waals surface area (Å²) in [5.41, 5.74) is 1.21. The standard InChI is InChI=1S/C20H21NO5S/c1-4-27(25)18-8-6-5-7-17(18)20(24)26-14(3)19(23)21-16-11-9-15(10-12-16)13(2)22/h5-12,14H,4H2,1-3H3,(H,21,23)/t14-,27-/m0/s1. The predicted octanol–water partition coefficient (Wildman–Crippen LogP) is 3.20. The number of Topliss-reactive ketones (excluding diaryl/α,β-unsaturated/α-hetero) is 1. The zero-order valence-electron chi connectivity index (χ0n) is 15.4. The quantitative estimate of drug-likeness (QED) is 0.582. The van der Waals surface area contributed by atoms with Gasteiger partial charge in [-0.3, -0.25) is 13.8 Å². The van der Waals surface area contributed by atoms with Crippen molar-refractivity contribution in [1.29, 1.82) is 0 Å². The Morgan fingerprint density at radius 1 is 1.07 bits per heavy atom. The second kappa shape index (κ2) is 9.23. The fourth-order valence-electron chi connectivity index (χ4n) is 2.30. The van der Waals surface area contributed by atoms with Gasteiger partial charge in [0, 0.05) is 17.0 Å². The van der Waals surface area contributed by atoms with E-state index in [2.05, 4.69) is 5.32 Å². The monoisotopic (exact) mass is 387 g/mol. The molecule has 1 N–H and O–H groups in total. The number of hydrogen-bond acceptors (Lipinski definition) is 5. The summed E-state index contributed by atoms with van der Waals surface area (Å²) < 4.78 is 17.3. The van der Waals surface area contributed by atoms with E-state index in [4.69, 9.17) is 4.74 Å². The molecule has 2 atom stereocenters. The maximum absolute atomic E-state index is 12.4. The van der Waals surface area contributed by atoms with Crippen LogP contribution in [0.5, 0.6) is 0 Å². The number of anilines is 1. The SMILES string of the molecule is CC[S@](=O)c1ccccc1C(=O)O[C@@H](C)C(=O)Nc1ccc(C(C)=O)cc1. The smallest absolute Gasteiger partial charge is 0.340 e. The summed E-state index contributed by atoms with van der Waals surface area (Å²) in [6.45, 7) is 4.67. The Morgan fingerprint density at radius 2 is 1.70 bits per heavy atom. The molecule has 0 spiro atoms. The van der Waals surface area contributed by atoms with E-state index in [1.54, 1.807) is 49.4 Å². The summed E-state index contributed by atoms with van der Waals surface area (Å²) >= 11 is 0. The van der Waals surface area contributed by atoms with Crippen molar-refractivity contribution < 1.29 is 23.3 Å². The van der Waals surface area contributed by atoms with Crippen molar-refractivity contribution in [3.8, 4) is 0 Å². The number of ether oxygens (including phenoxy) is 1. The fourth-order valence-corrected chi connectivity index (χ4v) is 3.24. The molecule has 2 aromatic carbocycles. The summed E-state index contributed by atoms with van der Waals surface area (Å²) in [5, 5.41) is 2.63. The van der Waals surface area contributed by atoms with E-state index in [1.807, 2.05) is 0 Å². The number of ketones is 1. The number of carbonyl (C=O) groups is 3. The lowest BCUT2D eigenvalue weighted by atomic mass is 10.1. The highest BCUT2D eigenvalue weighted by molar-refractivity contribution is 7.85. The van der Waals surface area contributed by atoms with Crippen LogP contribution < -0.4 is 5.32 Å². The maximum atomic E-state index is 12.4. The molecule has 0 saturated heterocycles. The van der Waals surface area contributed by atoms with Crippen LogP contribution in [0.25, 0.3) is 0 Å². The van der Waals surface area contributed by atoms with Crippen LogP contribution >= 0.6 is 0 Å². The van der Waals surface area contributed by atoms with E-state index >= 15 is 0 Å². The minimum Gasteiger partial charge on any atom is -0.449 e. The molecular formula is C20H21NO5S. The van der Waals surface area contributed by atoms with Gasteiger partial charge in [-0.1, -0.05) is 19.1 Å². The number of hydrogen-bond donors (Lipinski definition) is 1. The number of nitrogens with one attached hydrogen (secondary N) is 1. The topological polar surface area (TPSA) is 89.5 Å². The van der Waals surface area contributed by atoms with E-state index in [-0.39, 0.29) is 11.3 Å². The zero-order chi connectivity index (χ0) is 20.0. The number of benzene rings is 2. The number of amides is 1. The summed E-state index contributed by atoms with van der Waals surface area (Å²) in [4.78, 5) is 36.3. The first-order valence-electron chi connectivity index (χ1n) is 8.43. The van der Waals surface area contributed by atoms with Gasteiger partial charge in [0.1, 0.15) is 0 Å². The molecule has 0 bridgehead atoms. The highest BCUT2D eigenvalue weighted by Gasteiger charge is 2.22. The van der Waals surface area contributed by atoms with Crippen LogP contribution in [0.15, 0.2) is 53.4 Å². The minimum atomic E-state index is -1.31. The van der Waals surface area contributed by atoms with E-state index < -0.39 is 28.8 Å². The maximum Gasteiger partial charge on any atom is 0.340 e. The largest absolute Gasteiger partial charge is 0.449 e.